The topological polar surface area (TPSA) is 3.88 Å². The molecule has 0 aliphatic carbocycles. The summed E-state index contributed by atoms with van der Waals surface area (Å²) in [7, 11) is 2.23. The number of aromatic nitrogens is 1. The molecule has 0 unspecified atom stereocenters. The highest BCUT2D eigenvalue weighted by Gasteiger charge is 2.33. The summed E-state index contributed by atoms with van der Waals surface area (Å²) in [5, 5.41) is 8.41. The van der Waals surface area contributed by atoms with Crippen molar-refractivity contribution in [1.29, 1.82) is 0 Å². The van der Waals surface area contributed by atoms with Crippen LogP contribution < -0.4 is 4.57 Å². The number of benzene rings is 4. The van der Waals surface area contributed by atoms with E-state index in [1.54, 1.807) is 0 Å². The predicted octanol–water partition coefficient (Wildman–Crippen LogP) is 9.90. The van der Waals surface area contributed by atoms with Gasteiger partial charge >= 0.3 is 0 Å². The second kappa shape index (κ2) is 8.58. The number of hydrogen-bond acceptors (Lipinski definition) is 1. The first-order valence-corrected chi connectivity index (χ1v) is 14.7. The van der Waals surface area contributed by atoms with Gasteiger partial charge in [0.1, 0.15) is 7.05 Å². The zero-order valence-corrected chi connectivity index (χ0v) is 25.3. The van der Waals surface area contributed by atoms with Crippen LogP contribution in [0.3, 0.4) is 0 Å². The molecular weight excluding hydrogens is 478 g/mol. The van der Waals surface area contributed by atoms with Gasteiger partial charge in [-0.05, 0) is 81.8 Å². The monoisotopic (exact) mass is 518 g/mol. The van der Waals surface area contributed by atoms with Crippen molar-refractivity contribution in [2.24, 2.45) is 17.9 Å². The fourth-order valence-electron chi connectivity index (χ4n) is 6.51. The quantitative estimate of drug-likeness (QED) is 0.163. The van der Waals surface area contributed by atoms with Crippen LogP contribution in [0.4, 0.5) is 0 Å². The Kier molecular flexibility index (Phi) is 5.74. The first-order chi connectivity index (χ1) is 17.8. The molecule has 1 aromatic heterocycles. The lowest BCUT2D eigenvalue weighted by Crippen LogP contribution is -2.32. The number of aryl methyl sites for hydroxylation is 3. The molecule has 0 saturated heterocycles. The van der Waals surface area contributed by atoms with E-state index < -0.39 is 0 Å². The van der Waals surface area contributed by atoms with Gasteiger partial charge in [-0.15, -0.1) is 0 Å². The SMILES string of the molecule is Cc1ccc2c(CC(C)(C)C)c3c(c(C)c2c1)-c1c2c(cc4cccc(CC(C)(C)C)c4c2cc[n+]1C)S3. The Morgan fingerprint density at radius 3 is 2.21 bits per heavy atom. The fourth-order valence-corrected chi connectivity index (χ4v) is 7.88. The smallest absolute Gasteiger partial charge is 0.200 e. The average Bonchev–Trinajstić information content (AvgIpc) is 2.81. The van der Waals surface area contributed by atoms with E-state index >= 15 is 0 Å². The van der Waals surface area contributed by atoms with Crippen LogP contribution >= 0.6 is 11.8 Å². The lowest BCUT2D eigenvalue weighted by atomic mass is 9.82. The minimum absolute atomic E-state index is 0.196. The van der Waals surface area contributed by atoms with Gasteiger partial charge in [-0.2, -0.15) is 0 Å². The number of rotatable bonds is 2. The molecule has 0 saturated carbocycles. The molecule has 4 aromatic carbocycles. The van der Waals surface area contributed by atoms with Crippen molar-refractivity contribution in [3.8, 4) is 11.3 Å². The highest BCUT2D eigenvalue weighted by molar-refractivity contribution is 8.00. The average molecular weight is 519 g/mol. The van der Waals surface area contributed by atoms with E-state index in [1.807, 2.05) is 11.8 Å². The first-order valence-electron chi connectivity index (χ1n) is 13.9. The van der Waals surface area contributed by atoms with E-state index in [0.29, 0.717) is 0 Å². The Balaban J connectivity index is 1.78. The number of fused-ring (bicyclic) bond motifs is 5. The van der Waals surface area contributed by atoms with Gasteiger partial charge in [-0.1, -0.05) is 95.3 Å². The van der Waals surface area contributed by atoms with Gasteiger partial charge in [0.15, 0.2) is 6.20 Å². The van der Waals surface area contributed by atoms with Crippen LogP contribution in [0.15, 0.2) is 64.5 Å². The lowest BCUT2D eigenvalue weighted by Gasteiger charge is -2.28. The van der Waals surface area contributed by atoms with Crippen LogP contribution in [0.25, 0.3) is 43.6 Å². The maximum Gasteiger partial charge on any atom is 0.222 e. The molecule has 5 aromatic rings. The number of pyridine rings is 1. The molecule has 0 atom stereocenters. The van der Waals surface area contributed by atoms with E-state index in [4.69, 9.17) is 0 Å². The third kappa shape index (κ3) is 4.13. The van der Waals surface area contributed by atoms with Crippen molar-refractivity contribution in [3.05, 3.63) is 77.0 Å². The molecule has 0 fully saturated rings. The maximum atomic E-state index is 2.47. The van der Waals surface area contributed by atoms with Crippen molar-refractivity contribution in [3.63, 3.8) is 0 Å². The number of hydrogen-bond donors (Lipinski definition) is 0. The third-order valence-corrected chi connectivity index (χ3v) is 9.16. The standard InChI is InChI=1S/C36H40NS/c1-21-13-14-25-27(17-21)22(2)30-33-32-26(15-16-37(33)9)31-23(11-10-12-24(31)19-35(3,4)5)18-29(32)38-34(30)28(25)20-36(6,7)8/h10-18H,19-20H2,1-9H3/q+1. The molecule has 2 heteroatoms. The molecule has 38 heavy (non-hydrogen) atoms. The summed E-state index contributed by atoms with van der Waals surface area (Å²) in [6, 6.07) is 18.8. The zero-order valence-electron chi connectivity index (χ0n) is 24.5. The van der Waals surface area contributed by atoms with Crippen molar-refractivity contribution < 1.29 is 4.57 Å². The van der Waals surface area contributed by atoms with Gasteiger partial charge in [0.05, 0.1) is 10.9 Å². The Labute approximate surface area is 232 Å². The van der Waals surface area contributed by atoms with E-state index in [1.165, 1.54) is 75.6 Å². The van der Waals surface area contributed by atoms with Crippen LogP contribution in [0.5, 0.6) is 0 Å². The second-order valence-electron chi connectivity index (χ2n) is 13.9. The molecular formula is C36H40NS+. The van der Waals surface area contributed by atoms with Gasteiger partial charge in [0.2, 0.25) is 5.69 Å². The normalized spacial score (nSPS) is 13.5. The van der Waals surface area contributed by atoms with Gasteiger partial charge in [0.25, 0.3) is 0 Å². The maximum absolute atomic E-state index is 2.47. The Morgan fingerprint density at radius 2 is 1.50 bits per heavy atom. The molecule has 6 rings (SSSR count). The van der Waals surface area contributed by atoms with Crippen LogP contribution in [0, 0.1) is 24.7 Å². The summed E-state index contributed by atoms with van der Waals surface area (Å²) in [6.45, 7) is 18.7. The van der Waals surface area contributed by atoms with E-state index in [9.17, 15) is 0 Å². The molecule has 0 N–H and O–H groups in total. The molecule has 0 radical (unpaired) electrons. The Morgan fingerprint density at radius 1 is 0.763 bits per heavy atom. The fraction of sp³-hybridized carbons (Fsp3) is 0.361. The number of nitrogens with zero attached hydrogens (tertiary/aromatic N) is 1. The summed E-state index contributed by atoms with van der Waals surface area (Å²) in [4.78, 5) is 2.84. The van der Waals surface area contributed by atoms with E-state index in [2.05, 4.69) is 122 Å². The van der Waals surface area contributed by atoms with Crippen LogP contribution in [0.1, 0.15) is 63.8 Å². The summed E-state index contributed by atoms with van der Waals surface area (Å²) in [5.74, 6) is 0. The summed E-state index contributed by atoms with van der Waals surface area (Å²) in [6.07, 6.45) is 4.41. The molecule has 0 bridgehead atoms. The highest BCUT2D eigenvalue weighted by atomic mass is 32.2. The largest absolute Gasteiger partial charge is 0.222 e. The summed E-state index contributed by atoms with van der Waals surface area (Å²) >= 11 is 2.00. The molecule has 0 amide bonds. The Bertz CT molecular complexity index is 1780. The third-order valence-electron chi connectivity index (χ3n) is 7.97. The van der Waals surface area contributed by atoms with Gasteiger partial charge in [-0.25, -0.2) is 4.57 Å². The van der Waals surface area contributed by atoms with Crippen molar-refractivity contribution >= 4 is 44.1 Å². The second-order valence-corrected chi connectivity index (χ2v) is 14.9. The molecule has 2 heterocycles. The van der Waals surface area contributed by atoms with Crippen molar-refractivity contribution in [2.45, 2.75) is 78.0 Å². The van der Waals surface area contributed by atoms with Gasteiger partial charge < -0.3 is 0 Å². The van der Waals surface area contributed by atoms with Crippen LogP contribution in [0.2, 0.25) is 0 Å². The predicted molar refractivity (Wildman–Crippen MR) is 165 cm³/mol. The van der Waals surface area contributed by atoms with E-state index in [0.717, 1.165) is 12.8 Å². The molecule has 0 spiro atoms. The van der Waals surface area contributed by atoms with Gasteiger partial charge in [-0.3, -0.25) is 0 Å². The van der Waals surface area contributed by atoms with Crippen molar-refractivity contribution in [2.75, 3.05) is 0 Å². The zero-order chi connectivity index (χ0) is 27.1. The summed E-state index contributed by atoms with van der Waals surface area (Å²) in [5.41, 5.74) is 8.91. The molecule has 1 nitrogen and oxygen atoms in total. The molecule has 194 valence electrons. The van der Waals surface area contributed by atoms with Crippen molar-refractivity contribution in [1.82, 2.24) is 0 Å². The molecule has 1 aliphatic rings. The minimum atomic E-state index is 0.196. The van der Waals surface area contributed by atoms with Gasteiger partial charge in [0, 0.05) is 21.2 Å². The van der Waals surface area contributed by atoms with Crippen LogP contribution in [-0.2, 0) is 19.9 Å². The lowest BCUT2D eigenvalue weighted by molar-refractivity contribution is -0.659. The molecule has 1 aliphatic heterocycles. The van der Waals surface area contributed by atoms with Crippen LogP contribution in [-0.4, -0.2) is 0 Å². The Hall–Kier alpha value is -2.84. The minimum Gasteiger partial charge on any atom is -0.200 e. The van der Waals surface area contributed by atoms with E-state index in [-0.39, 0.29) is 10.8 Å². The highest BCUT2D eigenvalue weighted by Crippen LogP contribution is 2.53. The first kappa shape index (κ1) is 25.4. The summed E-state index contributed by atoms with van der Waals surface area (Å²) < 4.78 is 2.37.